The third-order valence-corrected chi connectivity index (χ3v) is 5.62. The molecule has 0 spiro atoms. The summed E-state index contributed by atoms with van der Waals surface area (Å²) in [5.41, 5.74) is 2.09. The third-order valence-electron chi connectivity index (χ3n) is 5.62. The quantitative estimate of drug-likeness (QED) is 0.937. The van der Waals surface area contributed by atoms with Crippen molar-refractivity contribution in [2.24, 2.45) is 5.92 Å². The Balaban J connectivity index is 1.50. The number of halogens is 1. The van der Waals surface area contributed by atoms with Gasteiger partial charge in [0.05, 0.1) is 5.69 Å². The van der Waals surface area contributed by atoms with E-state index in [0.717, 1.165) is 17.3 Å². The van der Waals surface area contributed by atoms with Gasteiger partial charge in [0.1, 0.15) is 11.6 Å². The molecule has 126 valence electrons. The number of rotatable bonds is 3. The van der Waals surface area contributed by atoms with Gasteiger partial charge in [-0.3, -0.25) is 4.90 Å². The number of hydrogen-bond donors (Lipinski definition) is 1. The van der Waals surface area contributed by atoms with E-state index in [9.17, 15) is 4.39 Å². The van der Waals surface area contributed by atoms with Crippen LogP contribution in [0.4, 0.5) is 10.2 Å². The number of nitrogens with zero attached hydrogens (tertiary/aromatic N) is 3. The van der Waals surface area contributed by atoms with Crippen molar-refractivity contribution in [2.75, 3.05) is 18.4 Å². The Bertz CT molecular complexity index is 721. The average Bonchev–Trinajstić information content (AvgIpc) is 2.61. The molecule has 3 saturated heterocycles. The van der Waals surface area contributed by atoms with Crippen molar-refractivity contribution in [1.82, 2.24) is 15.1 Å². The first-order chi connectivity index (χ1) is 11.6. The molecule has 2 aromatic rings. The summed E-state index contributed by atoms with van der Waals surface area (Å²) >= 11 is 0. The highest BCUT2D eigenvalue weighted by Gasteiger charge is 2.39. The Morgan fingerprint density at radius 2 is 1.92 bits per heavy atom. The predicted molar refractivity (Wildman–Crippen MR) is 93.3 cm³/mol. The highest BCUT2D eigenvalue weighted by atomic mass is 19.1. The van der Waals surface area contributed by atoms with Gasteiger partial charge in [-0.15, -0.1) is 10.2 Å². The highest BCUT2D eigenvalue weighted by molar-refractivity contribution is 5.60. The van der Waals surface area contributed by atoms with Crippen LogP contribution >= 0.6 is 0 Å². The van der Waals surface area contributed by atoms with Gasteiger partial charge in [0, 0.05) is 17.6 Å². The first-order valence-electron chi connectivity index (χ1n) is 8.72. The summed E-state index contributed by atoms with van der Waals surface area (Å²) in [7, 11) is 0. The molecule has 3 aliphatic heterocycles. The SMILES string of the molecule is Cc1ccc(-c2ccc(N[C@@H]3C4CCN(CC4)[C@@H]3C)nn2)cc1F. The minimum atomic E-state index is -0.211. The topological polar surface area (TPSA) is 41.0 Å². The van der Waals surface area contributed by atoms with Crippen LogP contribution in [0.1, 0.15) is 25.3 Å². The Labute approximate surface area is 142 Å². The maximum Gasteiger partial charge on any atom is 0.148 e. The van der Waals surface area contributed by atoms with E-state index < -0.39 is 0 Å². The van der Waals surface area contributed by atoms with E-state index in [1.807, 2.05) is 18.2 Å². The molecule has 5 rings (SSSR count). The fourth-order valence-electron chi connectivity index (χ4n) is 4.03. The Morgan fingerprint density at radius 1 is 1.12 bits per heavy atom. The van der Waals surface area contributed by atoms with Crippen LogP contribution in [0.15, 0.2) is 30.3 Å². The zero-order valence-corrected chi connectivity index (χ0v) is 14.2. The van der Waals surface area contributed by atoms with Gasteiger partial charge in [-0.1, -0.05) is 12.1 Å². The minimum absolute atomic E-state index is 0.211. The summed E-state index contributed by atoms with van der Waals surface area (Å²) in [5.74, 6) is 1.31. The van der Waals surface area contributed by atoms with E-state index in [1.165, 1.54) is 32.0 Å². The van der Waals surface area contributed by atoms with Crippen molar-refractivity contribution in [1.29, 1.82) is 0 Å². The fraction of sp³-hybridized carbons (Fsp3) is 0.474. The largest absolute Gasteiger partial charge is 0.364 e. The molecule has 0 aliphatic carbocycles. The van der Waals surface area contributed by atoms with Crippen molar-refractivity contribution in [3.05, 3.63) is 41.7 Å². The second-order valence-corrected chi connectivity index (χ2v) is 7.05. The number of hydrogen-bond acceptors (Lipinski definition) is 4. The maximum absolute atomic E-state index is 13.7. The van der Waals surface area contributed by atoms with E-state index in [4.69, 9.17) is 0 Å². The molecule has 3 fully saturated rings. The number of piperidine rings is 3. The minimum Gasteiger partial charge on any atom is -0.364 e. The molecule has 5 heteroatoms. The van der Waals surface area contributed by atoms with Gasteiger partial charge in [0.25, 0.3) is 0 Å². The summed E-state index contributed by atoms with van der Waals surface area (Å²) in [6.45, 7) is 6.48. The molecule has 0 amide bonds. The monoisotopic (exact) mass is 326 g/mol. The van der Waals surface area contributed by atoms with Crippen LogP contribution in [0, 0.1) is 18.7 Å². The van der Waals surface area contributed by atoms with Crippen molar-refractivity contribution in [2.45, 2.75) is 38.8 Å². The maximum atomic E-state index is 13.7. The van der Waals surface area contributed by atoms with Crippen LogP contribution in [-0.4, -0.2) is 40.3 Å². The molecule has 24 heavy (non-hydrogen) atoms. The van der Waals surface area contributed by atoms with Crippen LogP contribution in [0.25, 0.3) is 11.3 Å². The molecule has 4 nitrogen and oxygen atoms in total. The lowest BCUT2D eigenvalue weighted by Gasteiger charge is -2.50. The van der Waals surface area contributed by atoms with E-state index in [-0.39, 0.29) is 5.82 Å². The molecular formula is C19H23FN4. The lowest BCUT2D eigenvalue weighted by atomic mass is 9.79. The van der Waals surface area contributed by atoms with Gasteiger partial charge in [-0.05, 0) is 69.5 Å². The number of aryl methyl sites for hydroxylation is 1. The highest BCUT2D eigenvalue weighted by Crippen LogP contribution is 2.33. The van der Waals surface area contributed by atoms with Crippen LogP contribution in [-0.2, 0) is 0 Å². The predicted octanol–water partition coefficient (Wildman–Crippen LogP) is 3.49. The summed E-state index contributed by atoms with van der Waals surface area (Å²) < 4.78 is 13.7. The number of fused-ring (bicyclic) bond motifs is 3. The summed E-state index contributed by atoms with van der Waals surface area (Å²) in [6.07, 6.45) is 2.52. The van der Waals surface area contributed by atoms with Crippen molar-refractivity contribution >= 4 is 5.82 Å². The second kappa shape index (κ2) is 6.13. The second-order valence-electron chi connectivity index (χ2n) is 7.05. The molecular weight excluding hydrogens is 303 g/mol. The summed E-state index contributed by atoms with van der Waals surface area (Å²) in [4.78, 5) is 2.55. The molecule has 1 aromatic carbocycles. The summed E-state index contributed by atoms with van der Waals surface area (Å²) in [6, 6.07) is 9.99. The van der Waals surface area contributed by atoms with E-state index >= 15 is 0 Å². The molecule has 3 aliphatic rings. The molecule has 4 heterocycles. The zero-order valence-electron chi connectivity index (χ0n) is 14.2. The van der Waals surface area contributed by atoms with Gasteiger partial charge >= 0.3 is 0 Å². The standard InChI is InChI=1S/C19H23FN4/c1-12-3-4-15(11-16(12)20)17-5-6-18(23-22-17)21-19-13(2)24-9-7-14(19)8-10-24/h3-6,11,13-14,19H,7-10H2,1-2H3,(H,21,23)/t13-,19+/m1/s1. The average molecular weight is 326 g/mol. The van der Waals surface area contributed by atoms with Gasteiger partial charge < -0.3 is 5.32 Å². The van der Waals surface area contributed by atoms with Crippen molar-refractivity contribution in [3.63, 3.8) is 0 Å². The molecule has 0 radical (unpaired) electrons. The van der Waals surface area contributed by atoms with Crippen molar-refractivity contribution in [3.8, 4) is 11.3 Å². The fourth-order valence-corrected chi connectivity index (χ4v) is 4.03. The molecule has 2 bridgehead atoms. The van der Waals surface area contributed by atoms with Gasteiger partial charge in [0.2, 0.25) is 0 Å². The Kier molecular flexibility index (Phi) is 3.96. The Hall–Kier alpha value is -2.01. The van der Waals surface area contributed by atoms with E-state index in [2.05, 4.69) is 27.3 Å². The smallest absolute Gasteiger partial charge is 0.148 e. The first kappa shape index (κ1) is 15.5. The number of aromatic nitrogens is 2. The number of anilines is 1. The van der Waals surface area contributed by atoms with Crippen LogP contribution in [0.5, 0.6) is 0 Å². The van der Waals surface area contributed by atoms with Gasteiger partial charge in [-0.2, -0.15) is 0 Å². The van der Waals surface area contributed by atoms with Crippen LogP contribution in [0.2, 0.25) is 0 Å². The molecule has 2 atom stereocenters. The Morgan fingerprint density at radius 3 is 2.54 bits per heavy atom. The third kappa shape index (κ3) is 2.77. The molecule has 0 unspecified atom stereocenters. The molecule has 1 aromatic heterocycles. The molecule has 0 saturated carbocycles. The van der Waals surface area contributed by atoms with Gasteiger partial charge in [0.15, 0.2) is 0 Å². The van der Waals surface area contributed by atoms with Crippen molar-refractivity contribution < 1.29 is 4.39 Å². The van der Waals surface area contributed by atoms with Crippen LogP contribution in [0.3, 0.4) is 0 Å². The zero-order chi connectivity index (χ0) is 16.7. The van der Waals surface area contributed by atoms with Gasteiger partial charge in [-0.25, -0.2) is 4.39 Å². The normalized spacial score (nSPS) is 28.8. The summed E-state index contributed by atoms with van der Waals surface area (Å²) in [5, 5.41) is 12.2. The number of nitrogens with one attached hydrogen (secondary N) is 1. The molecule has 1 N–H and O–H groups in total. The van der Waals surface area contributed by atoms with E-state index in [0.29, 0.717) is 23.3 Å². The first-order valence-corrected chi connectivity index (χ1v) is 8.72. The lowest BCUT2D eigenvalue weighted by molar-refractivity contribution is 0.0457. The number of benzene rings is 1. The van der Waals surface area contributed by atoms with E-state index in [1.54, 1.807) is 13.0 Å². The lowest BCUT2D eigenvalue weighted by Crippen LogP contribution is -2.59. The van der Waals surface area contributed by atoms with Crippen LogP contribution < -0.4 is 5.32 Å².